The van der Waals surface area contributed by atoms with E-state index in [0.29, 0.717) is 35.3 Å². The topological polar surface area (TPSA) is 101 Å². The van der Waals surface area contributed by atoms with Gasteiger partial charge in [-0.2, -0.15) is 0 Å². The van der Waals surface area contributed by atoms with Gasteiger partial charge in [-0.25, -0.2) is 0 Å². The number of ether oxygens (including phenoxy) is 1. The predicted octanol–water partition coefficient (Wildman–Crippen LogP) is 6.82. The lowest BCUT2D eigenvalue weighted by atomic mass is 9.44. The summed E-state index contributed by atoms with van der Waals surface area (Å²) in [6.45, 7) is 2.32. The van der Waals surface area contributed by atoms with Gasteiger partial charge in [-0.3, -0.25) is 24.1 Å². The summed E-state index contributed by atoms with van der Waals surface area (Å²) < 4.78 is 5.83. The van der Waals surface area contributed by atoms with Crippen LogP contribution in [0.4, 0.5) is 0 Å². The zero-order valence-electron chi connectivity index (χ0n) is 27.7. The first-order valence-electron chi connectivity index (χ1n) is 17.3. The molecule has 1 aliphatic heterocycles. The molecule has 4 aromatic carbocycles. The van der Waals surface area contributed by atoms with Gasteiger partial charge in [0.1, 0.15) is 0 Å². The van der Waals surface area contributed by atoms with Gasteiger partial charge in [-0.1, -0.05) is 115 Å². The Morgan fingerprint density at radius 3 is 2.18 bits per heavy atom. The standard InChI is InChI=1S/C43H37NO6/c1-2-50-35-20-12-19-31(40(35)47)38-29-21-22-30-37(42(49)44(41(30)48)25-26-13-6-3-7-14-26)33(29)23-34-39(46)32(27-15-8-4-9-16-27)24-36(45)43(34,38)28-17-10-5-11-18-28/h3-21,24,30,33-34,37-38,47H,2,22-23,25H2,1H3/t30-,33+,34-,37-,38+,43-/m0/s1. The van der Waals surface area contributed by atoms with Crippen molar-refractivity contribution in [1.29, 1.82) is 0 Å². The van der Waals surface area contributed by atoms with Crippen molar-refractivity contribution in [3.63, 3.8) is 0 Å². The highest BCUT2D eigenvalue weighted by atomic mass is 16.5. The van der Waals surface area contributed by atoms with Gasteiger partial charge in [0.15, 0.2) is 23.1 Å². The van der Waals surface area contributed by atoms with Crippen molar-refractivity contribution in [2.45, 2.75) is 37.6 Å². The highest BCUT2D eigenvalue weighted by Crippen LogP contribution is 2.64. The maximum atomic E-state index is 15.2. The fourth-order valence-electron chi connectivity index (χ4n) is 9.25. The van der Waals surface area contributed by atoms with Gasteiger partial charge in [0.2, 0.25) is 11.8 Å². The highest BCUT2D eigenvalue weighted by molar-refractivity contribution is 6.31. The van der Waals surface area contributed by atoms with Crippen LogP contribution >= 0.6 is 0 Å². The van der Waals surface area contributed by atoms with Gasteiger partial charge in [0, 0.05) is 23.0 Å². The number of Topliss-reactive ketones (excluding diaryl/α,β-unsaturated/α-hetero) is 1. The number of ketones is 2. The largest absolute Gasteiger partial charge is 0.504 e. The van der Waals surface area contributed by atoms with Crippen molar-refractivity contribution in [3.05, 3.63) is 149 Å². The number of fused-ring (bicyclic) bond motifs is 4. The third kappa shape index (κ3) is 4.71. The van der Waals surface area contributed by atoms with Crippen LogP contribution in [0.5, 0.6) is 11.5 Å². The maximum Gasteiger partial charge on any atom is 0.234 e. The van der Waals surface area contributed by atoms with Crippen molar-refractivity contribution < 1.29 is 29.0 Å². The van der Waals surface area contributed by atoms with Gasteiger partial charge in [-0.15, -0.1) is 0 Å². The van der Waals surface area contributed by atoms with Gasteiger partial charge in [0.05, 0.1) is 30.4 Å². The number of para-hydroxylation sites is 1. The second-order valence-corrected chi connectivity index (χ2v) is 13.7. The van der Waals surface area contributed by atoms with E-state index in [1.54, 1.807) is 18.2 Å². The molecule has 4 aliphatic rings. The van der Waals surface area contributed by atoms with Crippen LogP contribution in [0.3, 0.4) is 0 Å². The molecule has 1 N–H and O–H groups in total. The fraction of sp³-hybridized carbons (Fsp3) is 0.256. The number of hydrogen-bond acceptors (Lipinski definition) is 6. The van der Waals surface area contributed by atoms with Gasteiger partial charge in [0.25, 0.3) is 0 Å². The van der Waals surface area contributed by atoms with Crippen LogP contribution in [0.15, 0.2) is 127 Å². The number of nitrogens with zero attached hydrogens (tertiary/aromatic N) is 1. The number of allylic oxidation sites excluding steroid dienone is 4. The summed E-state index contributed by atoms with van der Waals surface area (Å²) in [5, 5.41) is 11.9. The van der Waals surface area contributed by atoms with E-state index in [0.717, 1.165) is 11.1 Å². The average molecular weight is 664 g/mol. The van der Waals surface area contributed by atoms with Crippen LogP contribution in [-0.4, -0.2) is 40.0 Å². The number of imide groups is 1. The Labute approximate surface area is 290 Å². The van der Waals surface area contributed by atoms with Crippen molar-refractivity contribution >= 4 is 29.0 Å². The Morgan fingerprint density at radius 1 is 0.800 bits per heavy atom. The SMILES string of the molecule is CCOc1cccc([C@H]2C3=CC[C@@H]4C(=O)N(Cc5ccccc5)C(=O)[C@@H]4[C@@H]3C[C@H]3C(=O)C(c4ccccc4)=CC(=O)[C@@]23c2ccccc2)c1O. The number of phenolic OH excluding ortho intramolecular Hbond substituents is 1. The Balaban J connectivity index is 1.35. The molecule has 3 aliphatic carbocycles. The van der Waals surface area contributed by atoms with Crippen LogP contribution in [-0.2, 0) is 31.1 Å². The molecule has 0 aromatic heterocycles. The van der Waals surface area contributed by atoms with Gasteiger partial charge >= 0.3 is 0 Å². The van der Waals surface area contributed by atoms with Crippen LogP contribution < -0.4 is 4.74 Å². The first-order valence-corrected chi connectivity index (χ1v) is 17.3. The average Bonchev–Trinajstić information content (AvgIpc) is 3.39. The number of carbonyl (C=O) groups is 4. The molecule has 0 spiro atoms. The number of carbonyl (C=O) groups excluding carboxylic acids is 4. The molecule has 4 aromatic rings. The Hall–Kier alpha value is -5.56. The molecule has 0 bridgehead atoms. The third-order valence-electron chi connectivity index (χ3n) is 11.3. The summed E-state index contributed by atoms with van der Waals surface area (Å²) in [7, 11) is 0. The maximum absolute atomic E-state index is 15.2. The predicted molar refractivity (Wildman–Crippen MR) is 188 cm³/mol. The molecule has 0 unspecified atom stereocenters. The Bertz CT molecular complexity index is 2070. The van der Waals surface area contributed by atoms with Crippen LogP contribution in [0.2, 0.25) is 0 Å². The molecule has 2 amide bonds. The lowest BCUT2D eigenvalue weighted by Crippen LogP contribution is -2.58. The quantitative estimate of drug-likeness (QED) is 0.172. The number of likely N-dealkylation sites (tertiary alicyclic amines) is 1. The smallest absolute Gasteiger partial charge is 0.234 e. The monoisotopic (exact) mass is 663 g/mol. The molecular formula is C43H37NO6. The third-order valence-corrected chi connectivity index (χ3v) is 11.3. The molecule has 250 valence electrons. The second-order valence-electron chi connectivity index (χ2n) is 13.7. The highest BCUT2D eigenvalue weighted by Gasteiger charge is 2.66. The summed E-state index contributed by atoms with van der Waals surface area (Å²) >= 11 is 0. The summed E-state index contributed by atoms with van der Waals surface area (Å²) in [5.41, 5.74) is 2.33. The van der Waals surface area contributed by atoms with Crippen molar-refractivity contribution in [1.82, 2.24) is 4.90 Å². The minimum atomic E-state index is -1.43. The number of hydrogen-bond donors (Lipinski definition) is 1. The number of aromatic hydroxyl groups is 1. The van der Waals surface area contributed by atoms with Crippen molar-refractivity contribution in [2.24, 2.45) is 23.7 Å². The summed E-state index contributed by atoms with van der Waals surface area (Å²) in [4.78, 5) is 60.0. The first-order chi connectivity index (χ1) is 24.4. The molecule has 1 saturated carbocycles. The molecule has 0 radical (unpaired) electrons. The summed E-state index contributed by atoms with van der Waals surface area (Å²) in [5.74, 6) is -4.22. The normalized spacial score (nSPS) is 27.2. The molecule has 1 saturated heterocycles. The minimum Gasteiger partial charge on any atom is -0.504 e. The van der Waals surface area contributed by atoms with Gasteiger partial charge < -0.3 is 9.84 Å². The summed E-state index contributed by atoms with van der Waals surface area (Å²) in [6.07, 6.45) is 4.01. The molecule has 6 atom stereocenters. The molecule has 1 heterocycles. The van der Waals surface area contributed by atoms with E-state index in [2.05, 4.69) is 0 Å². The fourth-order valence-corrected chi connectivity index (χ4v) is 9.25. The number of amides is 2. The van der Waals surface area contributed by atoms with E-state index in [1.165, 1.54) is 11.0 Å². The van der Waals surface area contributed by atoms with Crippen LogP contribution in [0, 0.1) is 23.7 Å². The van der Waals surface area contributed by atoms with E-state index in [9.17, 15) is 14.7 Å². The Morgan fingerprint density at radius 2 is 1.48 bits per heavy atom. The van der Waals surface area contributed by atoms with Gasteiger partial charge in [-0.05, 0) is 54.5 Å². The molecule has 7 heteroatoms. The molecule has 8 rings (SSSR count). The summed E-state index contributed by atoms with van der Waals surface area (Å²) in [6, 6.07) is 33.3. The Kier molecular flexibility index (Phi) is 7.86. The van der Waals surface area contributed by atoms with E-state index < -0.39 is 35.0 Å². The zero-order valence-corrected chi connectivity index (χ0v) is 27.7. The van der Waals surface area contributed by atoms with Crippen LogP contribution in [0.25, 0.3) is 5.57 Å². The van der Waals surface area contributed by atoms with Crippen molar-refractivity contribution in [3.8, 4) is 11.5 Å². The molecular weight excluding hydrogens is 626 g/mol. The van der Waals surface area contributed by atoms with E-state index >= 15 is 9.59 Å². The number of phenols is 1. The molecule has 50 heavy (non-hydrogen) atoms. The lowest BCUT2D eigenvalue weighted by molar-refractivity contribution is -0.141. The number of rotatable bonds is 7. The molecule has 7 nitrogen and oxygen atoms in total. The molecule has 2 fully saturated rings. The first kappa shape index (κ1) is 31.7. The van der Waals surface area contributed by atoms with E-state index in [1.807, 2.05) is 104 Å². The van der Waals surface area contributed by atoms with E-state index in [-0.39, 0.29) is 47.8 Å². The zero-order chi connectivity index (χ0) is 34.6. The van der Waals surface area contributed by atoms with Crippen LogP contribution in [0.1, 0.15) is 47.9 Å². The lowest BCUT2D eigenvalue weighted by Gasteiger charge is -2.55. The van der Waals surface area contributed by atoms with E-state index in [4.69, 9.17) is 4.74 Å². The minimum absolute atomic E-state index is 0.102. The number of benzene rings is 4. The second kappa shape index (κ2) is 12.4. The van der Waals surface area contributed by atoms with Crippen molar-refractivity contribution in [2.75, 3.05) is 6.61 Å².